The van der Waals surface area contributed by atoms with E-state index < -0.39 is 9.52 Å². The summed E-state index contributed by atoms with van der Waals surface area (Å²) in [5, 5.41) is 3.41. The fourth-order valence-corrected chi connectivity index (χ4v) is 5.72. The van der Waals surface area contributed by atoms with E-state index in [2.05, 4.69) is 41.4 Å². The molecule has 1 N–H and O–H groups in total. The quantitative estimate of drug-likeness (QED) is 0.120. The summed E-state index contributed by atoms with van der Waals surface area (Å²) in [7, 11) is -0.00426. The van der Waals surface area contributed by atoms with Crippen LogP contribution in [0, 0.1) is 20.2 Å². The zero-order valence-corrected chi connectivity index (χ0v) is 32.0. The zero-order chi connectivity index (χ0) is 32.2. The molecule has 1 aliphatic heterocycles. The molecule has 8 heteroatoms. The van der Waals surface area contributed by atoms with Gasteiger partial charge in [-0.05, 0) is 94.3 Å². The van der Waals surface area contributed by atoms with Gasteiger partial charge in [0, 0.05) is 74.8 Å². The molecule has 0 bridgehead atoms. The minimum atomic E-state index is -2.03. The molecular formula is C37H47ClFN2O2SY-. The summed E-state index contributed by atoms with van der Waals surface area (Å²) in [4.78, 5) is 13.4. The number of likely N-dealkylation sites (N-methyl/N-ethyl adjacent to an activating group) is 1. The topological polar surface area (TPSA) is 49.4 Å². The number of allylic oxidation sites excluding steroid dienone is 1. The van der Waals surface area contributed by atoms with Crippen LogP contribution in [0.4, 0.5) is 4.39 Å². The smallest absolute Gasteiger partial charge is 0.150 e. The molecule has 3 aromatic carbocycles. The van der Waals surface area contributed by atoms with Gasteiger partial charge in [0.05, 0.1) is 10.6 Å². The molecule has 241 valence electrons. The fourth-order valence-electron chi connectivity index (χ4n) is 4.59. The number of carbonyl (C=O) groups excluding carboxylic acids is 1. The van der Waals surface area contributed by atoms with Gasteiger partial charge in [0.1, 0.15) is 12.1 Å². The van der Waals surface area contributed by atoms with E-state index in [1.165, 1.54) is 11.1 Å². The van der Waals surface area contributed by atoms with Crippen molar-refractivity contribution in [1.29, 1.82) is 0 Å². The summed E-state index contributed by atoms with van der Waals surface area (Å²) in [6.07, 6.45) is 10.1. The van der Waals surface area contributed by atoms with E-state index in [4.69, 9.17) is 11.6 Å². The maximum Gasteiger partial charge on any atom is 0.150 e. The Labute approximate surface area is 301 Å². The van der Waals surface area contributed by atoms with Crippen LogP contribution in [0.1, 0.15) is 57.6 Å². The first kappa shape index (κ1) is 42.7. The predicted octanol–water partition coefficient (Wildman–Crippen LogP) is 8.46. The van der Waals surface area contributed by atoms with Gasteiger partial charge in [0.25, 0.3) is 0 Å². The molecule has 2 aliphatic rings. The van der Waals surface area contributed by atoms with Crippen molar-refractivity contribution in [2.75, 3.05) is 26.4 Å². The van der Waals surface area contributed by atoms with Crippen LogP contribution < -0.4 is 5.32 Å². The number of rotatable bonds is 6. The van der Waals surface area contributed by atoms with Crippen molar-refractivity contribution in [3.05, 3.63) is 131 Å². The average Bonchev–Trinajstić information content (AvgIpc) is 3.45. The summed E-state index contributed by atoms with van der Waals surface area (Å²) in [6, 6.07) is 15.3. The van der Waals surface area contributed by atoms with Gasteiger partial charge in [-0.3, -0.25) is 9.00 Å². The van der Waals surface area contributed by atoms with Crippen molar-refractivity contribution in [3.63, 3.8) is 0 Å². The number of nitrogens with one attached hydrogen (secondary N) is 1. The van der Waals surface area contributed by atoms with Crippen molar-refractivity contribution in [1.82, 2.24) is 10.2 Å². The maximum absolute atomic E-state index is 14.6. The molecule has 45 heavy (non-hydrogen) atoms. The number of carbonyl (C=O) groups is 1. The fraction of sp³-hybridized carbons (Fsp3) is 0.270. The predicted molar refractivity (Wildman–Crippen MR) is 192 cm³/mol. The molecule has 1 aliphatic carbocycles. The molecule has 3 aromatic rings. The molecule has 1 heterocycles. The van der Waals surface area contributed by atoms with Crippen molar-refractivity contribution in [2.24, 2.45) is 0 Å². The summed E-state index contributed by atoms with van der Waals surface area (Å²) in [5.41, 5.74) is 7.02. The van der Waals surface area contributed by atoms with Gasteiger partial charge >= 0.3 is 0 Å². The first-order chi connectivity index (χ1) is 20.4. The third kappa shape index (κ3) is 12.8. The van der Waals surface area contributed by atoms with Gasteiger partial charge in [0.2, 0.25) is 0 Å². The van der Waals surface area contributed by atoms with Gasteiger partial charge in [0.15, 0.2) is 0 Å². The maximum atomic E-state index is 14.6. The Morgan fingerprint density at radius 1 is 1.16 bits per heavy atom. The number of fused-ring (bicyclic) bond motifs is 2. The van der Waals surface area contributed by atoms with E-state index in [0.717, 1.165) is 52.9 Å². The van der Waals surface area contributed by atoms with Crippen molar-refractivity contribution < 1.29 is 46.1 Å². The Hall–Kier alpha value is -2.35. The van der Waals surface area contributed by atoms with Crippen LogP contribution in [0.2, 0.25) is 5.02 Å². The minimum absolute atomic E-state index is 0. The van der Waals surface area contributed by atoms with Crippen LogP contribution in [0.25, 0.3) is 11.8 Å². The largest absolute Gasteiger partial charge is 0.381 e. The second-order valence-corrected chi connectivity index (χ2v) is 13.2. The van der Waals surface area contributed by atoms with E-state index in [9.17, 15) is 13.4 Å². The van der Waals surface area contributed by atoms with Gasteiger partial charge in [-0.1, -0.05) is 74.5 Å². The van der Waals surface area contributed by atoms with Gasteiger partial charge < -0.3 is 17.6 Å². The molecule has 0 spiro atoms. The van der Waals surface area contributed by atoms with Gasteiger partial charge in [-0.25, -0.2) is 4.39 Å². The number of aldehydes is 1. The summed E-state index contributed by atoms with van der Waals surface area (Å²) in [5.74, 6) is 3.37. The standard InChI is InChI=1S/C15H18ClFN2.C10H8O.C9H12OS.C2H6.CH3.Y/c1-4-6-18-10(2)14-13(16)8-11-9-19(3)7-5-12(11)15(14)17;11-7-8-4-5-9-2-1-3-10(9)6-8;1-8-5-4-6-9(7-8)11(2,3)10;1-2;;/h4,8,18H,1-2,5-7,9H2,3H3;1-2,4-7H,3H2;4-7H,2H2,1,3H3;1-2H3;1H3;/q;;;;-1;. The second-order valence-electron chi connectivity index (χ2n) is 10.3. The van der Waals surface area contributed by atoms with Crippen LogP contribution >= 0.6 is 11.6 Å². The Morgan fingerprint density at radius 3 is 2.42 bits per heavy atom. The number of hydrogen-bond donors (Lipinski definition) is 1. The van der Waals surface area contributed by atoms with Crippen LogP contribution in [0.3, 0.4) is 0 Å². The Kier molecular flexibility index (Phi) is 19.6. The molecule has 5 rings (SSSR count). The van der Waals surface area contributed by atoms with E-state index in [1.54, 1.807) is 12.3 Å². The molecule has 0 saturated heterocycles. The molecule has 0 amide bonds. The Bertz CT molecular complexity index is 1590. The normalized spacial score (nSPS) is 13.5. The van der Waals surface area contributed by atoms with E-state index in [1.807, 2.05) is 76.3 Å². The van der Waals surface area contributed by atoms with Crippen LogP contribution in [-0.4, -0.2) is 47.7 Å². The minimum Gasteiger partial charge on any atom is -0.381 e. The number of benzene rings is 3. The molecule has 1 radical (unpaired) electrons. The molecule has 1 unspecified atom stereocenters. The number of halogens is 2. The average molecular weight is 727 g/mol. The number of nitrogens with zero attached hydrogens (tertiary/aromatic N) is 1. The molecule has 1 atom stereocenters. The third-order valence-corrected chi connectivity index (χ3v) is 8.33. The summed E-state index contributed by atoms with van der Waals surface area (Å²) < 4.78 is 26.0. The second kappa shape index (κ2) is 20.7. The van der Waals surface area contributed by atoms with Gasteiger partial charge in [-0.15, -0.1) is 6.58 Å². The molecule has 0 fully saturated rings. The first-order valence-corrected chi connectivity index (χ1v) is 16.8. The molecule has 4 nitrogen and oxygen atoms in total. The zero-order valence-electron chi connectivity index (χ0n) is 27.6. The number of aryl methyl sites for hydroxylation is 1. The van der Waals surface area contributed by atoms with Crippen LogP contribution in [0.15, 0.2) is 78.7 Å². The SMILES string of the molecule is C=CCNC(=C)c1c(Cl)cc2c(c1F)CCN(C)C2.C=S(C)(=O)c1cccc(C)c1.CC.O=Cc1ccc2c(c1)CC=C2.[CH3-].[Y]. The number of hydrogen-bond acceptors (Lipinski definition) is 4. The van der Waals surface area contributed by atoms with Crippen LogP contribution in [0.5, 0.6) is 0 Å². The third-order valence-electron chi connectivity index (χ3n) is 6.78. The van der Waals surface area contributed by atoms with Gasteiger partial charge in [-0.2, -0.15) is 0 Å². The van der Waals surface area contributed by atoms with Crippen LogP contribution in [-0.2, 0) is 61.6 Å². The van der Waals surface area contributed by atoms with Crippen molar-refractivity contribution in [3.8, 4) is 0 Å². The summed E-state index contributed by atoms with van der Waals surface area (Å²) in [6.45, 7) is 15.6. The van der Waals surface area contributed by atoms with Crippen molar-refractivity contribution >= 4 is 45.1 Å². The molecule has 0 aromatic heterocycles. The van der Waals surface area contributed by atoms with E-state index >= 15 is 0 Å². The monoisotopic (exact) mass is 726 g/mol. The van der Waals surface area contributed by atoms with E-state index in [-0.39, 0.29) is 46.0 Å². The summed E-state index contributed by atoms with van der Waals surface area (Å²) >= 11 is 6.20. The molecule has 0 saturated carbocycles. The van der Waals surface area contributed by atoms with Crippen molar-refractivity contribution in [2.45, 2.75) is 45.1 Å². The van der Waals surface area contributed by atoms with E-state index in [0.29, 0.717) is 29.2 Å². The molecular weight excluding hydrogens is 680 g/mol. The Balaban J connectivity index is 0.000000646. The first-order valence-electron chi connectivity index (χ1n) is 14.3. The Morgan fingerprint density at radius 2 is 1.84 bits per heavy atom.